The molecule has 1 aliphatic heterocycles. The zero-order valence-corrected chi connectivity index (χ0v) is 14.6. The largest absolute Gasteiger partial charge is 0.375 e. The maximum atomic E-state index is 12.2. The molecule has 1 saturated carbocycles. The summed E-state index contributed by atoms with van der Waals surface area (Å²) in [6.45, 7) is 1.62. The molecule has 1 unspecified atom stereocenters. The molecule has 4 nitrogen and oxygen atoms in total. The van der Waals surface area contributed by atoms with E-state index in [0.29, 0.717) is 12.2 Å². The highest BCUT2D eigenvalue weighted by Gasteiger charge is 2.28. The second kappa shape index (κ2) is 9.93. The van der Waals surface area contributed by atoms with Crippen molar-refractivity contribution >= 4 is 30.1 Å². The lowest BCUT2D eigenvalue weighted by atomic mass is 10.1. The van der Waals surface area contributed by atoms with Crippen molar-refractivity contribution in [1.29, 1.82) is 0 Å². The zero-order chi connectivity index (χ0) is 14.4. The first-order chi connectivity index (χ1) is 9.70. The number of thioether (sulfide) groups is 1. The van der Waals surface area contributed by atoms with Crippen molar-refractivity contribution in [1.82, 2.24) is 4.90 Å². The third kappa shape index (κ3) is 5.97. The predicted molar refractivity (Wildman–Crippen MR) is 91.2 cm³/mol. The molecule has 6 heteroatoms. The molecule has 21 heavy (non-hydrogen) atoms. The fraction of sp³-hybridized carbons (Fsp3) is 0.933. The van der Waals surface area contributed by atoms with Gasteiger partial charge in [-0.05, 0) is 44.1 Å². The van der Waals surface area contributed by atoms with Gasteiger partial charge in [0.25, 0.3) is 0 Å². The third-order valence-corrected chi connectivity index (χ3v) is 5.03. The number of rotatable bonds is 6. The Bertz CT molecular complexity index is 306. The molecule has 1 amide bonds. The zero-order valence-electron chi connectivity index (χ0n) is 13.0. The molecule has 2 fully saturated rings. The van der Waals surface area contributed by atoms with Crippen LogP contribution in [-0.4, -0.2) is 54.2 Å². The number of hydrogen-bond donors (Lipinski definition) is 1. The van der Waals surface area contributed by atoms with E-state index < -0.39 is 0 Å². The van der Waals surface area contributed by atoms with Gasteiger partial charge >= 0.3 is 0 Å². The van der Waals surface area contributed by atoms with E-state index in [4.69, 9.17) is 10.5 Å². The number of piperidine rings is 1. The molecular weight excluding hydrogens is 308 g/mol. The summed E-state index contributed by atoms with van der Waals surface area (Å²) >= 11 is 1.74. The van der Waals surface area contributed by atoms with Crippen LogP contribution in [0, 0.1) is 0 Å². The highest BCUT2D eigenvalue weighted by atomic mass is 35.5. The number of carbonyl (C=O) groups excluding carboxylic acids is 1. The second-order valence-electron chi connectivity index (χ2n) is 5.96. The standard InChI is InChI=1S/C15H28N2O2S.ClH/c1-20-11-8-14(16)15(18)17-9-6-13(7-10-17)19-12-4-2-3-5-12;/h12-14H,2-11,16H2,1H3;1H. The molecule has 1 heterocycles. The Labute approximate surface area is 138 Å². The lowest BCUT2D eigenvalue weighted by Gasteiger charge is -2.34. The van der Waals surface area contributed by atoms with Gasteiger partial charge in [0.15, 0.2) is 0 Å². The van der Waals surface area contributed by atoms with Crippen molar-refractivity contribution in [2.75, 3.05) is 25.1 Å². The first-order valence-electron chi connectivity index (χ1n) is 7.89. The van der Waals surface area contributed by atoms with Gasteiger partial charge in [0.1, 0.15) is 0 Å². The summed E-state index contributed by atoms with van der Waals surface area (Å²) in [5, 5.41) is 0. The van der Waals surface area contributed by atoms with Gasteiger partial charge in [-0.3, -0.25) is 4.79 Å². The van der Waals surface area contributed by atoms with Crippen LogP contribution < -0.4 is 5.73 Å². The van der Waals surface area contributed by atoms with E-state index in [1.807, 2.05) is 11.2 Å². The Morgan fingerprint density at radius 1 is 1.24 bits per heavy atom. The fourth-order valence-corrected chi connectivity index (χ4v) is 3.60. The minimum atomic E-state index is -0.324. The first-order valence-corrected chi connectivity index (χ1v) is 9.29. The highest BCUT2D eigenvalue weighted by Crippen LogP contribution is 2.25. The monoisotopic (exact) mass is 336 g/mol. The summed E-state index contributed by atoms with van der Waals surface area (Å²) in [5.41, 5.74) is 5.97. The van der Waals surface area contributed by atoms with Crippen LogP contribution in [0.2, 0.25) is 0 Å². The van der Waals surface area contributed by atoms with Gasteiger partial charge in [0.05, 0.1) is 18.2 Å². The lowest BCUT2D eigenvalue weighted by Crippen LogP contribution is -2.48. The van der Waals surface area contributed by atoms with Gasteiger partial charge in [-0.15, -0.1) is 12.4 Å². The van der Waals surface area contributed by atoms with Crippen LogP contribution in [0.5, 0.6) is 0 Å². The van der Waals surface area contributed by atoms with Gasteiger partial charge in [0, 0.05) is 13.1 Å². The van der Waals surface area contributed by atoms with Crippen LogP contribution in [0.1, 0.15) is 44.9 Å². The number of nitrogens with two attached hydrogens (primary N) is 1. The molecule has 0 bridgehead atoms. The fourth-order valence-electron chi connectivity index (χ4n) is 3.11. The van der Waals surface area contributed by atoms with Crippen molar-refractivity contribution in [2.45, 2.75) is 63.2 Å². The minimum absolute atomic E-state index is 0. The van der Waals surface area contributed by atoms with Crippen LogP contribution in [0.15, 0.2) is 0 Å². The molecule has 0 aromatic heterocycles. The van der Waals surface area contributed by atoms with Crippen LogP contribution in [0.4, 0.5) is 0 Å². The molecule has 124 valence electrons. The van der Waals surface area contributed by atoms with Crippen LogP contribution in [0.3, 0.4) is 0 Å². The number of carbonyl (C=O) groups is 1. The van der Waals surface area contributed by atoms with Crippen molar-refractivity contribution in [3.63, 3.8) is 0 Å². The minimum Gasteiger partial charge on any atom is -0.375 e. The summed E-state index contributed by atoms with van der Waals surface area (Å²) in [6.07, 6.45) is 10.7. The quantitative estimate of drug-likeness (QED) is 0.809. The van der Waals surface area contributed by atoms with Crippen LogP contribution in [0.25, 0.3) is 0 Å². The average molecular weight is 337 g/mol. The molecule has 0 aromatic rings. The predicted octanol–water partition coefficient (Wildman–Crippen LogP) is 2.44. The summed E-state index contributed by atoms with van der Waals surface area (Å²) < 4.78 is 6.13. The SMILES string of the molecule is CSCCC(N)C(=O)N1CCC(OC2CCCC2)CC1.Cl. The average Bonchev–Trinajstić information content (AvgIpc) is 2.97. The molecule has 1 saturated heterocycles. The summed E-state index contributed by atoms with van der Waals surface area (Å²) in [5.74, 6) is 1.08. The Kier molecular flexibility index (Phi) is 9.02. The Morgan fingerprint density at radius 2 is 1.81 bits per heavy atom. The number of likely N-dealkylation sites (tertiary alicyclic amines) is 1. The number of amides is 1. The van der Waals surface area contributed by atoms with E-state index in [9.17, 15) is 4.79 Å². The molecule has 0 spiro atoms. The molecule has 0 radical (unpaired) electrons. The van der Waals surface area contributed by atoms with Crippen molar-refractivity contribution in [3.05, 3.63) is 0 Å². The Morgan fingerprint density at radius 3 is 2.38 bits per heavy atom. The van der Waals surface area contributed by atoms with Crippen LogP contribution in [-0.2, 0) is 9.53 Å². The lowest BCUT2D eigenvalue weighted by molar-refractivity contribution is -0.136. The first kappa shape index (κ1) is 19.1. The number of nitrogens with zero attached hydrogens (tertiary/aromatic N) is 1. The normalized spacial score (nSPS) is 22.1. The van der Waals surface area contributed by atoms with E-state index in [-0.39, 0.29) is 24.4 Å². The van der Waals surface area contributed by atoms with E-state index >= 15 is 0 Å². The molecule has 1 aliphatic carbocycles. The molecule has 2 N–H and O–H groups in total. The summed E-state index contributed by atoms with van der Waals surface area (Å²) in [6, 6.07) is -0.324. The summed E-state index contributed by atoms with van der Waals surface area (Å²) in [7, 11) is 0. The van der Waals surface area contributed by atoms with E-state index in [0.717, 1.165) is 38.1 Å². The summed E-state index contributed by atoms with van der Waals surface area (Å²) in [4.78, 5) is 14.1. The molecule has 1 atom stereocenters. The van der Waals surface area contributed by atoms with Crippen molar-refractivity contribution in [3.8, 4) is 0 Å². The molecule has 2 rings (SSSR count). The van der Waals surface area contributed by atoms with E-state index in [2.05, 4.69) is 0 Å². The topological polar surface area (TPSA) is 55.6 Å². The van der Waals surface area contributed by atoms with Gasteiger partial charge in [-0.1, -0.05) is 12.8 Å². The van der Waals surface area contributed by atoms with Crippen LogP contribution >= 0.6 is 24.2 Å². The highest BCUT2D eigenvalue weighted by molar-refractivity contribution is 7.98. The molecule has 2 aliphatic rings. The maximum Gasteiger partial charge on any atom is 0.239 e. The number of halogens is 1. The Balaban J connectivity index is 0.00000220. The van der Waals surface area contributed by atoms with Crippen molar-refractivity contribution in [2.24, 2.45) is 5.73 Å². The van der Waals surface area contributed by atoms with E-state index in [1.165, 1.54) is 25.7 Å². The van der Waals surface area contributed by atoms with Gasteiger partial charge in [-0.2, -0.15) is 11.8 Å². The molecule has 0 aromatic carbocycles. The smallest absolute Gasteiger partial charge is 0.239 e. The number of hydrogen-bond acceptors (Lipinski definition) is 4. The maximum absolute atomic E-state index is 12.2. The van der Waals surface area contributed by atoms with Crippen molar-refractivity contribution < 1.29 is 9.53 Å². The Hall–Kier alpha value is 0.0300. The van der Waals surface area contributed by atoms with Gasteiger partial charge < -0.3 is 15.4 Å². The van der Waals surface area contributed by atoms with Gasteiger partial charge in [0.2, 0.25) is 5.91 Å². The van der Waals surface area contributed by atoms with E-state index in [1.54, 1.807) is 11.8 Å². The number of ether oxygens (including phenoxy) is 1. The van der Waals surface area contributed by atoms with Gasteiger partial charge in [-0.25, -0.2) is 0 Å². The molecular formula is C15H29ClN2O2S. The third-order valence-electron chi connectivity index (χ3n) is 4.39. The second-order valence-corrected chi connectivity index (χ2v) is 6.94.